The molecule has 0 saturated carbocycles. The molecule has 1 atom stereocenters. The number of ether oxygens (including phenoxy) is 3. The van der Waals surface area contributed by atoms with Crippen LogP contribution in [0.25, 0.3) is 0 Å². The summed E-state index contributed by atoms with van der Waals surface area (Å²) in [7, 11) is 0. The summed E-state index contributed by atoms with van der Waals surface area (Å²) < 4.78 is 16.9. The van der Waals surface area contributed by atoms with Gasteiger partial charge in [-0.3, -0.25) is 14.4 Å². The first-order valence-corrected chi connectivity index (χ1v) is 31.1. The van der Waals surface area contributed by atoms with Crippen molar-refractivity contribution in [2.24, 2.45) is 0 Å². The number of carbonyl (C=O) groups is 3. The van der Waals surface area contributed by atoms with E-state index in [0.29, 0.717) is 19.3 Å². The van der Waals surface area contributed by atoms with Crippen molar-refractivity contribution in [1.82, 2.24) is 0 Å². The van der Waals surface area contributed by atoms with Gasteiger partial charge in [0.1, 0.15) is 13.2 Å². The zero-order valence-corrected chi connectivity index (χ0v) is 48.1. The molecule has 6 heteroatoms. The third-order valence-corrected chi connectivity index (χ3v) is 13.4. The second-order valence-corrected chi connectivity index (χ2v) is 20.6. The van der Waals surface area contributed by atoms with Gasteiger partial charge in [-0.15, -0.1) is 0 Å². The number of carbonyl (C=O) groups excluding carboxylic acids is 3. The van der Waals surface area contributed by atoms with E-state index in [9.17, 15) is 14.4 Å². The van der Waals surface area contributed by atoms with Gasteiger partial charge in [-0.1, -0.05) is 279 Å². The molecule has 0 spiro atoms. The summed E-state index contributed by atoms with van der Waals surface area (Å²) >= 11 is 0. The molecule has 0 aliphatic rings. The van der Waals surface area contributed by atoms with Gasteiger partial charge in [0.2, 0.25) is 0 Å². The Hall–Kier alpha value is -3.41. The first-order valence-electron chi connectivity index (χ1n) is 31.1. The van der Waals surface area contributed by atoms with Crippen molar-refractivity contribution in [3.8, 4) is 0 Å². The molecule has 0 radical (unpaired) electrons. The fraction of sp³-hybridized carbons (Fsp3) is 0.746. The van der Waals surface area contributed by atoms with E-state index in [1.165, 1.54) is 122 Å². The molecule has 0 fully saturated rings. The summed E-state index contributed by atoms with van der Waals surface area (Å²) in [6, 6.07) is 0. The van der Waals surface area contributed by atoms with Gasteiger partial charge in [0.25, 0.3) is 0 Å². The highest BCUT2D eigenvalue weighted by Gasteiger charge is 2.19. The lowest BCUT2D eigenvalue weighted by molar-refractivity contribution is -0.167. The molecule has 0 aliphatic heterocycles. The van der Waals surface area contributed by atoms with Gasteiger partial charge in [0.05, 0.1) is 0 Å². The first kappa shape index (κ1) is 69.6. The van der Waals surface area contributed by atoms with Crippen LogP contribution in [0.4, 0.5) is 0 Å². The van der Waals surface area contributed by atoms with Crippen molar-refractivity contribution < 1.29 is 28.6 Å². The molecule has 0 N–H and O–H groups in total. The molecular formula is C67H116O6. The van der Waals surface area contributed by atoms with Gasteiger partial charge in [-0.2, -0.15) is 0 Å². The standard InChI is InChI=1S/C67H116O6/c1-4-7-10-13-16-19-22-25-27-29-31-33-35-37-39-42-45-48-51-54-57-60-66(69)72-63-64(62-71-65(68)59-56-53-50-47-44-41-24-21-18-15-12-9-6-3)73-67(70)61-58-55-52-49-46-43-40-38-36-34-32-30-28-26-23-20-17-14-11-8-5-2/h7,10,12,15-16,19,21,24-25,27,31,33,37,39,64H,4-6,8-9,11,13-14,17-18,20,22-23,26,28-30,32,34-36,38,40-63H2,1-3H3/b10-7-,15-12-,19-16-,24-21-,27-25-,33-31-,39-37-. The summed E-state index contributed by atoms with van der Waals surface area (Å²) in [5.74, 6) is -0.908. The summed E-state index contributed by atoms with van der Waals surface area (Å²) in [6.45, 7) is 6.47. The fourth-order valence-electron chi connectivity index (χ4n) is 8.74. The van der Waals surface area contributed by atoms with Crippen LogP contribution in [-0.4, -0.2) is 37.2 Å². The second-order valence-electron chi connectivity index (χ2n) is 20.6. The maximum atomic E-state index is 12.9. The minimum Gasteiger partial charge on any atom is -0.462 e. The SMILES string of the molecule is CC/C=C\C/C=C\C/C=C\C/C=C\C/C=C\CCCCCCCC(=O)OCC(COC(=O)CCCCCCC/C=C\C/C=C\CCC)OC(=O)CCCCCCCCCCCCCCCCCCCCCCC. The lowest BCUT2D eigenvalue weighted by Crippen LogP contribution is -2.30. The minimum absolute atomic E-state index is 0.0883. The van der Waals surface area contributed by atoms with Gasteiger partial charge < -0.3 is 14.2 Å². The molecule has 0 bridgehead atoms. The molecule has 0 aliphatic carbocycles. The largest absolute Gasteiger partial charge is 0.462 e. The van der Waals surface area contributed by atoms with E-state index in [1.807, 2.05) is 0 Å². The molecule has 73 heavy (non-hydrogen) atoms. The summed E-state index contributed by atoms with van der Waals surface area (Å²) in [5.41, 5.74) is 0. The number of allylic oxidation sites excluding steroid dienone is 14. The molecule has 0 amide bonds. The number of esters is 3. The Morgan fingerprint density at radius 2 is 0.562 bits per heavy atom. The van der Waals surface area contributed by atoms with Crippen LogP contribution in [0.5, 0.6) is 0 Å². The van der Waals surface area contributed by atoms with Crippen LogP contribution in [0, 0.1) is 0 Å². The molecular weight excluding hydrogens is 901 g/mol. The van der Waals surface area contributed by atoms with Gasteiger partial charge in [-0.05, 0) is 89.9 Å². The summed E-state index contributed by atoms with van der Waals surface area (Å²) in [5, 5.41) is 0. The topological polar surface area (TPSA) is 78.9 Å². The predicted octanol–water partition coefficient (Wildman–Crippen LogP) is 21.1. The predicted molar refractivity (Wildman–Crippen MR) is 316 cm³/mol. The van der Waals surface area contributed by atoms with Crippen LogP contribution >= 0.6 is 0 Å². The Morgan fingerprint density at radius 3 is 0.890 bits per heavy atom. The van der Waals surface area contributed by atoms with E-state index in [-0.39, 0.29) is 31.1 Å². The smallest absolute Gasteiger partial charge is 0.306 e. The van der Waals surface area contributed by atoms with Crippen molar-refractivity contribution in [1.29, 1.82) is 0 Å². The quantitative estimate of drug-likeness (QED) is 0.0261. The molecule has 0 aromatic heterocycles. The molecule has 0 aromatic rings. The number of rotatable bonds is 56. The molecule has 420 valence electrons. The van der Waals surface area contributed by atoms with Gasteiger partial charge in [-0.25, -0.2) is 0 Å². The van der Waals surface area contributed by atoms with Crippen molar-refractivity contribution in [3.63, 3.8) is 0 Å². The van der Waals surface area contributed by atoms with E-state index in [2.05, 4.69) is 106 Å². The Balaban J connectivity index is 4.37. The zero-order chi connectivity index (χ0) is 52.9. The molecule has 0 saturated heterocycles. The van der Waals surface area contributed by atoms with Crippen LogP contribution in [0.15, 0.2) is 85.1 Å². The summed E-state index contributed by atoms with van der Waals surface area (Å²) in [4.78, 5) is 38.3. The lowest BCUT2D eigenvalue weighted by atomic mass is 10.0. The van der Waals surface area contributed by atoms with E-state index >= 15 is 0 Å². The van der Waals surface area contributed by atoms with E-state index in [4.69, 9.17) is 14.2 Å². The van der Waals surface area contributed by atoms with Crippen LogP contribution in [0.1, 0.15) is 303 Å². The first-order chi connectivity index (χ1) is 36.0. The highest BCUT2D eigenvalue weighted by Crippen LogP contribution is 2.17. The minimum atomic E-state index is -0.790. The molecule has 0 heterocycles. The van der Waals surface area contributed by atoms with Gasteiger partial charge in [0.15, 0.2) is 6.10 Å². The third kappa shape index (κ3) is 59.3. The van der Waals surface area contributed by atoms with Crippen molar-refractivity contribution in [3.05, 3.63) is 85.1 Å². The highest BCUT2D eigenvalue weighted by molar-refractivity contribution is 5.71. The van der Waals surface area contributed by atoms with Crippen molar-refractivity contribution in [2.45, 2.75) is 309 Å². The van der Waals surface area contributed by atoms with Crippen LogP contribution in [-0.2, 0) is 28.6 Å². The average Bonchev–Trinajstić information content (AvgIpc) is 3.39. The Labute approximate surface area is 452 Å². The highest BCUT2D eigenvalue weighted by atomic mass is 16.6. The van der Waals surface area contributed by atoms with Crippen LogP contribution < -0.4 is 0 Å². The molecule has 0 aromatic carbocycles. The van der Waals surface area contributed by atoms with Crippen LogP contribution in [0.3, 0.4) is 0 Å². The molecule has 6 nitrogen and oxygen atoms in total. The fourth-order valence-corrected chi connectivity index (χ4v) is 8.74. The molecule has 1 unspecified atom stereocenters. The maximum absolute atomic E-state index is 12.9. The monoisotopic (exact) mass is 1020 g/mol. The van der Waals surface area contributed by atoms with E-state index < -0.39 is 6.10 Å². The molecule has 0 rings (SSSR count). The number of unbranched alkanes of at least 4 members (excludes halogenated alkanes) is 31. The van der Waals surface area contributed by atoms with Gasteiger partial charge in [0, 0.05) is 19.3 Å². The lowest BCUT2D eigenvalue weighted by Gasteiger charge is -2.18. The Morgan fingerprint density at radius 1 is 0.288 bits per heavy atom. The Bertz CT molecular complexity index is 1400. The van der Waals surface area contributed by atoms with Crippen molar-refractivity contribution >= 4 is 17.9 Å². The van der Waals surface area contributed by atoms with Crippen molar-refractivity contribution in [2.75, 3.05) is 13.2 Å². The normalized spacial score (nSPS) is 12.6. The summed E-state index contributed by atoms with van der Waals surface area (Å²) in [6.07, 6.45) is 80.1. The third-order valence-electron chi connectivity index (χ3n) is 13.4. The zero-order valence-electron chi connectivity index (χ0n) is 48.1. The van der Waals surface area contributed by atoms with E-state index in [1.54, 1.807) is 0 Å². The number of hydrogen-bond acceptors (Lipinski definition) is 6. The number of hydrogen-bond donors (Lipinski definition) is 0. The second kappa shape index (κ2) is 61.1. The van der Waals surface area contributed by atoms with Crippen LogP contribution in [0.2, 0.25) is 0 Å². The maximum Gasteiger partial charge on any atom is 0.306 e. The average molecular weight is 1020 g/mol. The Kier molecular flexibility index (Phi) is 58.3. The van der Waals surface area contributed by atoms with E-state index in [0.717, 1.165) is 141 Å². The van der Waals surface area contributed by atoms with Gasteiger partial charge >= 0.3 is 17.9 Å².